The fraction of sp³-hybridized carbons (Fsp3) is 1.00. The first kappa shape index (κ1) is 40.8. The molecule has 0 heterocycles. The molecule has 0 aliphatic heterocycles. The molecular formula is C28H68O7Si5. The van der Waals surface area contributed by atoms with Crippen LogP contribution in [-0.2, 0) is 21.2 Å². The van der Waals surface area contributed by atoms with Gasteiger partial charge in [0.1, 0.15) is 6.10 Å². The number of aliphatic hydroxyl groups excluding tert-OH is 2. The normalized spacial score (nSPS) is 17.0. The van der Waals surface area contributed by atoms with E-state index in [1.165, 1.54) is 57.8 Å². The highest BCUT2D eigenvalue weighted by Gasteiger charge is 2.48. The predicted octanol–water partition coefficient (Wildman–Crippen LogP) is 8.25. The average Bonchev–Trinajstić information content (AvgIpc) is 2.76. The average molecular weight is 657 g/mol. The molecule has 0 aromatic carbocycles. The van der Waals surface area contributed by atoms with Crippen molar-refractivity contribution in [3.05, 3.63) is 0 Å². The summed E-state index contributed by atoms with van der Waals surface area (Å²) in [7, 11) is -11.2. The number of unbranched alkanes of at least 4 members (excludes halogenated alkanes) is 9. The number of rotatable bonds is 26. The van der Waals surface area contributed by atoms with Gasteiger partial charge in [-0.1, -0.05) is 71.1 Å². The second kappa shape index (κ2) is 20.0. The van der Waals surface area contributed by atoms with Crippen molar-refractivity contribution >= 4 is 42.3 Å². The Morgan fingerprint density at radius 2 is 1.00 bits per heavy atom. The number of hydrogen-bond acceptors (Lipinski definition) is 7. The summed E-state index contributed by atoms with van der Waals surface area (Å²) in [6.07, 6.45) is 13.1. The summed E-state index contributed by atoms with van der Waals surface area (Å²) in [5.41, 5.74) is 0. The van der Waals surface area contributed by atoms with Gasteiger partial charge in [0, 0.05) is 6.61 Å². The van der Waals surface area contributed by atoms with E-state index in [1.807, 2.05) is 0 Å². The molecule has 3 atom stereocenters. The molecule has 0 spiro atoms. The molecule has 0 saturated heterocycles. The molecule has 0 fully saturated rings. The van der Waals surface area contributed by atoms with Crippen molar-refractivity contribution < 1.29 is 31.4 Å². The van der Waals surface area contributed by atoms with E-state index in [0.717, 1.165) is 24.9 Å². The molecule has 0 radical (unpaired) electrons. The highest BCUT2D eigenvalue weighted by Crippen LogP contribution is 2.32. The summed E-state index contributed by atoms with van der Waals surface area (Å²) >= 11 is 0. The topological polar surface area (TPSA) is 86.6 Å². The zero-order valence-corrected chi connectivity index (χ0v) is 33.3. The second-order valence-electron chi connectivity index (χ2n) is 14.2. The van der Waals surface area contributed by atoms with Gasteiger partial charge in [-0.05, 0) is 84.0 Å². The summed E-state index contributed by atoms with van der Waals surface area (Å²) in [5, 5.41) is 18.6. The minimum atomic E-state index is -2.60. The second-order valence-corrected chi connectivity index (χ2v) is 34.3. The molecule has 7 nitrogen and oxygen atoms in total. The molecule has 0 amide bonds. The Bertz CT molecular complexity index is 646. The Kier molecular flexibility index (Phi) is 20.4. The minimum Gasteiger partial charge on any atom is -0.437 e. The van der Waals surface area contributed by atoms with Crippen LogP contribution in [0.1, 0.15) is 77.6 Å². The monoisotopic (exact) mass is 656 g/mol. The molecule has 2 N–H and O–H groups in total. The van der Waals surface area contributed by atoms with Crippen LogP contribution in [0.5, 0.6) is 0 Å². The summed E-state index contributed by atoms with van der Waals surface area (Å²) in [6, 6.07) is 1.78. The number of ether oxygens (including phenoxy) is 1. The molecule has 3 unspecified atom stereocenters. The van der Waals surface area contributed by atoms with Gasteiger partial charge < -0.3 is 31.4 Å². The fourth-order valence-corrected chi connectivity index (χ4v) is 29.2. The van der Waals surface area contributed by atoms with Crippen molar-refractivity contribution in [2.75, 3.05) is 19.8 Å². The van der Waals surface area contributed by atoms with Crippen LogP contribution in [-0.4, -0.2) is 78.5 Å². The summed E-state index contributed by atoms with van der Waals surface area (Å²) in [4.78, 5) is 0. The van der Waals surface area contributed by atoms with E-state index in [4.69, 9.17) is 26.3 Å². The summed E-state index contributed by atoms with van der Waals surface area (Å²) in [6.45, 7) is 24.8. The molecule has 0 rings (SSSR count). The van der Waals surface area contributed by atoms with Crippen LogP contribution in [0.3, 0.4) is 0 Å². The Balaban J connectivity index is 5.37. The Morgan fingerprint density at radius 1 is 0.550 bits per heavy atom. The maximum atomic E-state index is 9.58. The van der Waals surface area contributed by atoms with Gasteiger partial charge in [-0.25, -0.2) is 0 Å². The van der Waals surface area contributed by atoms with Gasteiger partial charge in [0.25, 0.3) is 0 Å². The van der Waals surface area contributed by atoms with E-state index < -0.39 is 48.4 Å². The van der Waals surface area contributed by atoms with E-state index in [2.05, 4.69) is 72.4 Å². The van der Waals surface area contributed by atoms with Crippen molar-refractivity contribution in [2.45, 2.75) is 161 Å². The number of aliphatic hydroxyl groups is 2. The molecular weight excluding hydrogens is 589 g/mol. The summed E-state index contributed by atoms with van der Waals surface area (Å²) < 4.78 is 33.2. The molecule has 0 aliphatic rings. The van der Waals surface area contributed by atoms with Crippen molar-refractivity contribution in [1.82, 2.24) is 0 Å². The lowest BCUT2D eigenvalue weighted by molar-refractivity contribution is 0.00623. The van der Waals surface area contributed by atoms with E-state index in [0.29, 0.717) is 6.61 Å². The Morgan fingerprint density at radius 3 is 1.48 bits per heavy atom. The van der Waals surface area contributed by atoms with Gasteiger partial charge in [-0.2, -0.15) is 0 Å². The lowest BCUT2D eigenvalue weighted by Crippen LogP contribution is -2.60. The van der Waals surface area contributed by atoms with Crippen LogP contribution >= 0.6 is 0 Å². The van der Waals surface area contributed by atoms with E-state index >= 15 is 0 Å². The van der Waals surface area contributed by atoms with Crippen LogP contribution in [0.2, 0.25) is 77.6 Å². The molecule has 0 aliphatic carbocycles. The smallest absolute Gasteiger partial charge is 0.317 e. The van der Waals surface area contributed by atoms with Crippen molar-refractivity contribution in [2.24, 2.45) is 0 Å². The van der Waals surface area contributed by atoms with Crippen LogP contribution < -0.4 is 0 Å². The highest BCUT2D eigenvalue weighted by molar-refractivity contribution is 6.90. The van der Waals surface area contributed by atoms with E-state index in [1.54, 1.807) is 0 Å². The first-order valence-corrected chi connectivity index (χ1v) is 30.7. The van der Waals surface area contributed by atoms with Gasteiger partial charge in [-0.3, -0.25) is 0 Å². The number of hydrogen-bond donors (Lipinski definition) is 2. The van der Waals surface area contributed by atoms with Gasteiger partial charge >= 0.3 is 25.7 Å². The maximum absolute atomic E-state index is 9.58. The molecule has 12 heteroatoms. The van der Waals surface area contributed by atoms with Crippen LogP contribution in [0, 0.1) is 0 Å². The zero-order chi connectivity index (χ0) is 30.9. The minimum absolute atomic E-state index is 0.145. The van der Waals surface area contributed by atoms with Gasteiger partial charge in [0.15, 0.2) is 16.6 Å². The van der Waals surface area contributed by atoms with Gasteiger partial charge in [-0.15, -0.1) is 0 Å². The fourth-order valence-electron chi connectivity index (χ4n) is 5.33. The van der Waals surface area contributed by atoms with Crippen molar-refractivity contribution in [1.29, 1.82) is 0 Å². The van der Waals surface area contributed by atoms with Crippen LogP contribution in [0.15, 0.2) is 0 Å². The Hall–Kier alpha value is 0.804. The Labute approximate surface area is 254 Å². The molecule has 0 saturated carbocycles. The zero-order valence-electron chi connectivity index (χ0n) is 28.3. The molecule has 0 bridgehead atoms. The highest BCUT2D eigenvalue weighted by atomic mass is 28.5. The predicted molar refractivity (Wildman–Crippen MR) is 182 cm³/mol. The first-order chi connectivity index (χ1) is 18.3. The quantitative estimate of drug-likeness (QED) is 0.0716. The molecule has 40 heavy (non-hydrogen) atoms. The van der Waals surface area contributed by atoms with E-state index in [-0.39, 0.29) is 13.2 Å². The third-order valence-corrected chi connectivity index (χ3v) is 24.7. The molecule has 0 aromatic heterocycles. The van der Waals surface area contributed by atoms with Gasteiger partial charge in [0.2, 0.25) is 0 Å². The van der Waals surface area contributed by atoms with Crippen LogP contribution in [0.4, 0.5) is 0 Å². The van der Waals surface area contributed by atoms with Gasteiger partial charge in [0.05, 0.1) is 13.2 Å². The third-order valence-electron chi connectivity index (χ3n) is 6.39. The molecule has 242 valence electrons. The summed E-state index contributed by atoms with van der Waals surface area (Å²) in [5.74, 6) is 0. The lowest BCUT2D eigenvalue weighted by Gasteiger charge is -2.44. The first-order valence-electron chi connectivity index (χ1n) is 16.0. The van der Waals surface area contributed by atoms with Crippen molar-refractivity contribution in [3.63, 3.8) is 0 Å². The molecule has 0 aromatic rings. The van der Waals surface area contributed by atoms with Crippen LogP contribution in [0.25, 0.3) is 0 Å². The SMILES string of the molecule is CCCCCCCCCCCC[Si](C)(O[Si](C)(C)O[Si](C)(C)C)O[Si](C)(CCCOCC(O)CO)O[Si](C)(C)C. The standard InChI is InChI=1S/C28H68O7Si5/c1-12-13-14-15-16-17-18-19-20-21-24-40(11,34-38(8,9)32-36(2,3)4)35-39(10,33-37(5,6)7)25-22-23-31-27-28(30)26-29/h28-30H,12-27H2,1-11H3. The largest absolute Gasteiger partial charge is 0.437 e. The van der Waals surface area contributed by atoms with E-state index in [9.17, 15) is 5.11 Å². The lowest BCUT2D eigenvalue weighted by atomic mass is 10.1. The maximum Gasteiger partial charge on any atom is 0.317 e. The van der Waals surface area contributed by atoms with Crippen molar-refractivity contribution in [3.8, 4) is 0 Å². The third kappa shape index (κ3) is 23.3.